The molecule has 0 saturated carbocycles. The lowest BCUT2D eigenvalue weighted by molar-refractivity contribution is 0.0764. The Hall–Kier alpha value is -1.94. The highest BCUT2D eigenvalue weighted by Gasteiger charge is 2.19. The first-order valence-electron chi connectivity index (χ1n) is 8.70. The largest absolute Gasteiger partial charge is 0.387 e. The zero-order valence-corrected chi connectivity index (χ0v) is 14.1. The van der Waals surface area contributed by atoms with Crippen LogP contribution in [-0.2, 0) is 0 Å². The maximum atomic E-state index is 10.3. The zero-order valence-electron chi connectivity index (χ0n) is 14.1. The van der Waals surface area contributed by atoms with Crippen molar-refractivity contribution in [2.24, 2.45) is 0 Å². The Morgan fingerprint density at radius 3 is 2.08 bits per heavy atom. The Kier molecular flexibility index (Phi) is 6.19. The molecule has 2 aromatic rings. The molecule has 0 aliphatic carbocycles. The van der Waals surface area contributed by atoms with Gasteiger partial charge in [-0.1, -0.05) is 72.8 Å². The number of hydrogen-bond acceptors (Lipinski definition) is 3. The highest BCUT2D eigenvalue weighted by molar-refractivity contribution is 5.48. The summed E-state index contributed by atoms with van der Waals surface area (Å²) >= 11 is 0. The highest BCUT2D eigenvalue weighted by atomic mass is 16.3. The number of benzene rings is 2. The van der Waals surface area contributed by atoms with E-state index in [0.717, 1.165) is 44.8 Å². The summed E-state index contributed by atoms with van der Waals surface area (Å²) in [5.41, 5.74) is 2.26. The van der Waals surface area contributed by atoms with Crippen LogP contribution >= 0.6 is 0 Å². The lowest BCUT2D eigenvalue weighted by atomic mass is 10.1. The monoisotopic (exact) mass is 322 g/mol. The summed E-state index contributed by atoms with van der Waals surface area (Å²) in [6.07, 6.45) is 4.03. The summed E-state index contributed by atoms with van der Waals surface area (Å²) in [6, 6.07) is 20.4. The molecule has 3 rings (SSSR count). The standard InChI is InChI=1S/C21H26N2O/c24-21(20-11-5-2-6-12-20)18-23-16-14-22(15-17-23)13-7-10-19-8-3-1-4-9-19/h1-12,21,24H,13-18H2/b10-7+/t21-/m0/s1. The van der Waals surface area contributed by atoms with E-state index < -0.39 is 6.10 Å². The van der Waals surface area contributed by atoms with E-state index in [2.05, 4.69) is 46.2 Å². The number of aliphatic hydroxyl groups is 1. The SMILES string of the molecule is O[C@@H](CN1CCN(C/C=C/c2ccccc2)CC1)c1ccccc1. The van der Waals surface area contributed by atoms with Crippen molar-refractivity contribution in [2.75, 3.05) is 39.3 Å². The van der Waals surface area contributed by atoms with Crippen LogP contribution in [0.15, 0.2) is 66.7 Å². The van der Waals surface area contributed by atoms with Crippen molar-refractivity contribution < 1.29 is 5.11 Å². The maximum absolute atomic E-state index is 10.3. The Morgan fingerprint density at radius 2 is 1.42 bits per heavy atom. The van der Waals surface area contributed by atoms with Gasteiger partial charge in [0.1, 0.15) is 0 Å². The van der Waals surface area contributed by atoms with Crippen LogP contribution in [0.5, 0.6) is 0 Å². The van der Waals surface area contributed by atoms with Gasteiger partial charge in [-0.25, -0.2) is 0 Å². The zero-order chi connectivity index (χ0) is 16.6. The van der Waals surface area contributed by atoms with Crippen molar-refractivity contribution in [1.82, 2.24) is 9.80 Å². The van der Waals surface area contributed by atoms with E-state index in [1.165, 1.54) is 5.56 Å². The van der Waals surface area contributed by atoms with Gasteiger partial charge in [-0.2, -0.15) is 0 Å². The lowest BCUT2D eigenvalue weighted by Crippen LogP contribution is -2.47. The predicted octanol–water partition coefficient (Wildman–Crippen LogP) is 3.05. The van der Waals surface area contributed by atoms with Crippen LogP contribution in [-0.4, -0.2) is 54.2 Å². The number of β-amino-alcohol motifs (C(OH)–C–C–N with tert-alkyl or cyclic N) is 1. The molecule has 1 heterocycles. The third-order valence-electron chi connectivity index (χ3n) is 4.55. The summed E-state index contributed by atoms with van der Waals surface area (Å²) in [5.74, 6) is 0. The fraction of sp³-hybridized carbons (Fsp3) is 0.333. The maximum Gasteiger partial charge on any atom is 0.0916 e. The van der Waals surface area contributed by atoms with E-state index in [-0.39, 0.29) is 0 Å². The molecule has 1 saturated heterocycles. The molecule has 0 unspecified atom stereocenters. The molecule has 0 amide bonds. The Labute approximate surface area is 144 Å². The normalized spacial score (nSPS) is 18.0. The number of nitrogens with zero attached hydrogens (tertiary/aromatic N) is 2. The number of rotatable bonds is 6. The molecule has 2 aromatic carbocycles. The summed E-state index contributed by atoms with van der Waals surface area (Å²) < 4.78 is 0. The first kappa shape index (κ1) is 16.9. The van der Waals surface area contributed by atoms with Crippen molar-refractivity contribution >= 4 is 6.08 Å². The fourth-order valence-corrected chi connectivity index (χ4v) is 3.08. The Balaban J connectivity index is 1.40. The molecule has 3 heteroatoms. The van der Waals surface area contributed by atoms with E-state index >= 15 is 0 Å². The van der Waals surface area contributed by atoms with E-state index in [9.17, 15) is 5.11 Å². The van der Waals surface area contributed by atoms with Gasteiger partial charge in [0.2, 0.25) is 0 Å². The van der Waals surface area contributed by atoms with Crippen LogP contribution in [0.1, 0.15) is 17.2 Å². The first-order valence-corrected chi connectivity index (χ1v) is 8.70. The average molecular weight is 322 g/mol. The van der Waals surface area contributed by atoms with Gasteiger partial charge in [-0.05, 0) is 11.1 Å². The van der Waals surface area contributed by atoms with Gasteiger partial charge in [-0.15, -0.1) is 0 Å². The molecule has 3 nitrogen and oxygen atoms in total. The van der Waals surface area contributed by atoms with Gasteiger partial charge in [0.25, 0.3) is 0 Å². The minimum absolute atomic E-state index is 0.393. The summed E-state index contributed by atoms with van der Waals surface area (Å²) in [4.78, 5) is 4.82. The Bertz CT molecular complexity index is 619. The van der Waals surface area contributed by atoms with Crippen molar-refractivity contribution in [3.8, 4) is 0 Å². The van der Waals surface area contributed by atoms with E-state index in [1.54, 1.807) is 0 Å². The number of aliphatic hydroxyl groups excluding tert-OH is 1. The topological polar surface area (TPSA) is 26.7 Å². The molecular formula is C21H26N2O. The second kappa shape index (κ2) is 8.78. The van der Waals surface area contributed by atoms with Gasteiger partial charge in [-0.3, -0.25) is 9.80 Å². The Morgan fingerprint density at radius 1 is 0.833 bits per heavy atom. The molecule has 1 aliphatic rings. The van der Waals surface area contributed by atoms with Gasteiger partial charge >= 0.3 is 0 Å². The van der Waals surface area contributed by atoms with Gasteiger partial charge in [0.05, 0.1) is 6.10 Å². The first-order chi connectivity index (χ1) is 11.8. The molecule has 1 atom stereocenters. The van der Waals surface area contributed by atoms with Crippen LogP contribution < -0.4 is 0 Å². The van der Waals surface area contributed by atoms with E-state index in [1.807, 2.05) is 36.4 Å². The second-order valence-electron chi connectivity index (χ2n) is 6.34. The average Bonchev–Trinajstić information content (AvgIpc) is 2.65. The van der Waals surface area contributed by atoms with Crippen molar-refractivity contribution in [3.05, 3.63) is 77.9 Å². The minimum Gasteiger partial charge on any atom is -0.387 e. The smallest absolute Gasteiger partial charge is 0.0916 e. The number of hydrogen-bond donors (Lipinski definition) is 1. The fourth-order valence-electron chi connectivity index (χ4n) is 3.08. The van der Waals surface area contributed by atoms with E-state index in [4.69, 9.17) is 0 Å². The van der Waals surface area contributed by atoms with Crippen molar-refractivity contribution in [2.45, 2.75) is 6.10 Å². The van der Waals surface area contributed by atoms with Crippen molar-refractivity contribution in [3.63, 3.8) is 0 Å². The van der Waals surface area contributed by atoms with Crippen LogP contribution in [0.2, 0.25) is 0 Å². The van der Waals surface area contributed by atoms with Crippen LogP contribution in [0.25, 0.3) is 6.08 Å². The molecule has 1 N–H and O–H groups in total. The molecule has 126 valence electrons. The van der Waals surface area contributed by atoms with Crippen LogP contribution in [0.4, 0.5) is 0 Å². The third-order valence-corrected chi connectivity index (χ3v) is 4.55. The van der Waals surface area contributed by atoms with Gasteiger partial charge < -0.3 is 5.11 Å². The highest BCUT2D eigenvalue weighted by Crippen LogP contribution is 2.15. The van der Waals surface area contributed by atoms with Crippen LogP contribution in [0.3, 0.4) is 0 Å². The quantitative estimate of drug-likeness (QED) is 0.885. The summed E-state index contributed by atoms with van der Waals surface area (Å²) in [6.45, 7) is 5.86. The molecule has 0 radical (unpaired) electrons. The van der Waals surface area contributed by atoms with Crippen LogP contribution in [0, 0.1) is 0 Å². The summed E-state index contributed by atoms with van der Waals surface area (Å²) in [5, 5.41) is 10.3. The lowest BCUT2D eigenvalue weighted by Gasteiger charge is -2.35. The molecule has 0 spiro atoms. The molecule has 1 fully saturated rings. The molecule has 0 aromatic heterocycles. The molecule has 0 bridgehead atoms. The number of piperazine rings is 1. The summed E-state index contributed by atoms with van der Waals surface area (Å²) in [7, 11) is 0. The van der Waals surface area contributed by atoms with Gasteiger partial charge in [0.15, 0.2) is 0 Å². The second-order valence-corrected chi connectivity index (χ2v) is 6.34. The van der Waals surface area contributed by atoms with E-state index in [0.29, 0.717) is 0 Å². The minimum atomic E-state index is -0.393. The van der Waals surface area contributed by atoms with Gasteiger partial charge in [0, 0.05) is 39.3 Å². The third kappa shape index (κ3) is 5.03. The van der Waals surface area contributed by atoms with Crippen molar-refractivity contribution in [1.29, 1.82) is 0 Å². The predicted molar refractivity (Wildman–Crippen MR) is 99.8 cm³/mol. The molecule has 24 heavy (non-hydrogen) atoms. The molecule has 1 aliphatic heterocycles. The molecular weight excluding hydrogens is 296 g/mol.